The molecule has 0 atom stereocenters. The molecule has 0 saturated heterocycles. The van der Waals surface area contributed by atoms with E-state index in [9.17, 15) is 10.1 Å². The maximum absolute atomic E-state index is 10.4. The van der Waals surface area contributed by atoms with Gasteiger partial charge in [0.25, 0.3) is 5.69 Å². The van der Waals surface area contributed by atoms with Crippen molar-refractivity contribution in [2.75, 3.05) is 13.1 Å². The van der Waals surface area contributed by atoms with Crippen LogP contribution in [0.5, 0.6) is 0 Å². The summed E-state index contributed by atoms with van der Waals surface area (Å²) in [6.07, 6.45) is 0.769. The van der Waals surface area contributed by atoms with E-state index in [1.165, 1.54) is 12.1 Å². The molecule has 0 saturated carbocycles. The Morgan fingerprint density at radius 2 is 1.59 bits per heavy atom. The summed E-state index contributed by atoms with van der Waals surface area (Å²) in [5.41, 5.74) is 12.2. The molecule has 1 aromatic carbocycles. The van der Waals surface area contributed by atoms with Gasteiger partial charge in [0, 0.05) is 12.1 Å². The fourth-order valence-electron chi connectivity index (χ4n) is 1.35. The number of rotatable bonds is 5. The van der Waals surface area contributed by atoms with Gasteiger partial charge in [-0.2, -0.15) is 0 Å². The summed E-state index contributed by atoms with van der Waals surface area (Å²) in [5, 5.41) is 10.4. The van der Waals surface area contributed by atoms with Crippen molar-refractivity contribution in [1.29, 1.82) is 0 Å². The minimum absolute atomic E-state index is 0. The molecule has 0 amide bonds. The van der Waals surface area contributed by atoms with Crippen LogP contribution in [0, 0.1) is 16.0 Å². The molecule has 4 N–H and O–H groups in total. The zero-order valence-electron chi connectivity index (χ0n) is 9.24. The normalized spacial score (nSPS) is 9.35. The zero-order chi connectivity index (χ0) is 11.3. The number of nitro benzene ring substituents is 1. The second-order valence-corrected chi connectivity index (χ2v) is 3.47. The lowest BCUT2D eigenvalue weighted by Gasteiger charge is -2.11. The van der Waals surface area contributed by atoms with Crippen LogP contribution in [0.2, 0.25) is 0 Å². The molecule has 0 spiro atoms. The first-order chi connectivity index (χ1) is 7.17. The molecule has 1 rings (SSSR count). The molecule has 0 aliphatic rings. The third-order valence-corrected chi connectivity index (χ3v) is 2.34. The Bertz CT molecular complexity index is 329. The number of halogens is 2. The molecule has 0 aromatic heterocycles. The van der Waals surface area contributed by atoms with Crippen LogP contribution in [0.3, 0.4) is 0 Å². The van der Waals surface area contributed by atoms with Crippen molar-refractivity contribution in [2.24, 2.45) is 17.4 Å². The predicted octanol–water partition coefficient (Wildman–Crippen LogP) is 1.51. The van der Waals surface area contributed by atoms with Gasteiger partial charge in [0.05, 0.1) is 4.92 Å². The summed E-state index contributed by atoms with van der Waals surface area (Å²) in [6, 6.07) is 6.49. The Morgan fingerprint density at radius 1 is 1.12 bits per heavy atom. The van der Waals surface area contributed by atoms with Crippen LogP contribution in [-0.4, -0.2) is 18.0 Å². The minimum Gasteiger partial charge on any atom is -0.330 e. The van der Waals surface area contributed by atoms with Gasteiger partial charge < -0.3 is 11.5 Å². The molecule has 0 bridgehead atoms. The molecular weight excluding hydrogens is 265 g/mol. The number of nitrogens with two attached hydrogens (primary N) is 2. The second kappa shape index (κ2) is 9.18. The molecule has 0 radical (unpaired) electrons. The molecule has 0 aliphatic carbocycles. The maximum atomic E-state index is 10.4. The summed E-state index contributed by atoms with van der Waals surface area (Å²) >= 11 is 0. The molecule has 17 heavy (non-hydrogen) atoms. The number of nitrogens with zero attached hydrogens (tertiary/aromatic N) is 1. The Hall–Kier alpha value is -0.880. The fourth-order valence-corrected chi connectivity index (χ4v) is 1.35. The van der Waals surface area contributed by atoms with Crippen LogP contribution in [-0.2, 0) is 6.42 Å². The Kier molecular flexibility index (Phi) is 9.98. The highest BCUT2D eigenvalue weighted by Gasteiger charge is 2.08. The van der Waals surface area contributed by atoms with Crippen molar-refractivity contribution >= 4 is 30.5 Å². The molecule has 0 heterocycles. The van der Waals surface area contributed by atoms with Gasteiger partial charge in [-0.15, -0.1) is 24.8 Å². The maximum Gasteiger partial charge on any atom is 0.269 e. The summed E-state index contributed by atoms with van der Waals surface area (Å²) in [4.78, 5) is 10.0. The zero-order valence-corrected chi connectivity index (χ0v) is 10.9. The summed E-state index contributed by atoms with van der Waals surface area (Å²) in [5.74, 6) is 0.242. The highest BCUT2D eigenvalue weighted by Crippen LogP contribution is 2.14. The fraction of sp³-hybridized carbons (Fsp3) is 0.400. The largest absolute Gasteiger partial charge is 0.330 e. The number of non-ortho nitro benzene ring substituents is 1. The number of hydrogen-bond acceptors (Lipinski definition) is 4. The first-order valence-corrected chi connectivity index (χ1v) is 4.80. The molecule has 7 heteroatoms. The van der Waals surface area contributed by atoms with Crippen LogP contribution in [0.4, 0.5) is 5.69 Å². The number of nitro groups is 1. The lowest BCUT2D eigenvalue weighted by Crippen LogP contribution is -2.25. The Balaban J connectivity index is 0. The molecule has 0 unspecified atom stereocenters. The third kappa shape index (κ3) is 5.83. The Morgan fingerprint density at radius 3 is 1.94 bits per heavy atom. The summed E-state index contributed by atoms with van der Waals surface area (Å²) in [6.45, 7) is 1.07. The van der Waals surface area contributed by atoms with E-state index in [2.05, 4.69) is 0 Å². The van der Waals surface area contributed by atoms with Crippen LogP contribution < -0.4 is 11.5 Å². The van der Waals surface area contributed by atoms with E-state index < -0.39 is 4.92 Å². The van der Waals surface area contributed by atoms with Gasteiger partial charge in [-0.1, -0.05) is 12.1 Å². The van der Waals surface area contributed by atoms with Crippen molar-refractivity contribution in [3.8, 4) is 0 Å². The quantitative estimate of drug-likeness (QED) is 0.632. The number of benzene rings is 1. The van der Waals surface area contributed by atoms with E-state index in [1.54, 1.807) is 12.1 Å². The lowest BCUT2D eigenvalue weighted by molar-refractivity contribution is -0.384. The summed E-state index contributed by atoms with van der Waals surface area (Å²) < 4.78 is 0. The lowest BCUT2D eigenvalue weighted by atomic mass is 9.99. The Labute approximate surface area is 113 Å². The minimum atomic E-state index is -0.410. The standard InChI is InChI=1S/C10H15N3O2.2ClH/c11-6-9(7-12)5-8-1-3-10(4-2-8)13(14)15;;/h1-4,9H,5-7,11-12H2;2*1H. The first kappa shape index (κ1) is 18.5. The van der Waals surface area contributed by atoms with E-state index >= 15 is 0 Å². The third-order valence-electron chi connectivity index (χ3n) is 2.34. The second-order valence-electron chi connectivity index (χ2n) is 3.47. The van der Waals surface area contributed by atoms with E-state index in [4.69, 9.17) is 11.5 Å². The van der Waals surface area contributed by atoms with Gasteiger partial charge in [0.1, 0.15) is 0 Å². The summed E-state index contributed by atoms with van der Waals surface area (Å²) in [7, 11) is 0. The molecule has 98 valence electrons. The average Bonchev–Trinajstić information content (AvgIpc) is 2.26. The first-order valence-electron chi connectivity index (χ1n) is 4.80. The average molecular weight is 282 g/mol. The van der Waals surface area contributed by atoms with Gasteiger partial charge in [-0.3, -0.25) is 10.1 Å². The van der Waals surface area contributed by atoms with Gasteiger partial charge >= 0.3 is 0 Å². The van der Waals surface area contributed by atoms with E-state index in [1.807, 2.05) is 0 Å². The van der Waals surface area contributed by atoms with Crippen molar-refractivity contribution in [2.45, 2.75) is 6.42 Å². The van der Waals surface area contributed by atoms with E-state index in [0.717, 1.165) is 12.0 Å². The van der Waals surface area contributed by atoms with Gasteiger partial charge in [0.15, 0.2) is 0 Å². The van der Waals surface area contributed by atoms with E-state index in [0.29, 0.717) is 13.1 Å². The van der Waals surface area contributed by atoms with E-state index in [-0.39, 0.29) is 36.4 Å². The van der Waals surface area contributed by atoms with Crippen LogP contribution >= 0.6 is 24.8 Å². The van der Waals surface area contributed by atoms with Crippen molar-refractivity contribution in [3.05, 3.63) is 39.9 Å². The SMILES string of the molecule is Cl.Cl.NCC(CN)Cc1ccc([N+](=O)[O-])cc1. The topological polar surface area (TPSA) is 95.2 Å². The molecule has 0 aliphatic heterocycles. The van der Waals surface area contributed by atoms with Crippen LogP contribution in [0.15, 0.2) is 24.3 Å². The van der Waals surface area contributed by atoms with Crippen LogP contribution in [0.1, 0.15) is 5.56 Å². The predicted molar refractivity (Wildman–Crippen MR) is 72.9 cm³/mol. The van der Waals surface area contributed by atoms with Crippen LogP contribution in [0.25, 0.3) is 0 Å². The van der Waals surface area contributed by atoms with Gasteiger partial charge in [0.2, 0.25) is 0 Å². The van der Waals surface area contributed by atoms with Gasteiger partial charge in [-0.05, 0) is 31.0 Å². The van der Waals surface area contributed by atoms with Gasteiger partial charge in [-0.25, -0.2) is 0 Å². The molecule has 0 fully saturated rings. The molecule has 5 nitrogen and oxygen atoms in total. The van der Waals surface area contributed by atoms with Crippen molar-refractivity contribution in [3.63, 3.8) is 0 Å². The highest BCUT2D eigenvalue weighted by molar-refractivity contribution is 5.85. The highest BCUT2D eigenvalue weighted by atomic mass is 35.5. The molecular formula is C10H17Cl2N3O2. The monoisotopic (exact) mass is 281 g/mol. The van der Waals surface area contributed by atoms with Crippen molar-refractivity contribution < 1.29 is 4.92 Å². The molecule has 1 aromatic rings. The number of hydrogen-bond donors (Lipinski definition) is 2. The smallest absolute Gasteiger partial charge is 0.269 e. The van der Waals surface area contributed by atoms with Crippen molar-refractivity contribution in [1.82, 2.24) is 0 Å².